The standard InChI is InChI=1S/C10H15N3OS/c1-14-9-5-11-10(12-6-9)13-8-3-2-4-15-7-8/h5-6,8H,2-4,7H2,1H3,(H,11,12,13). The van der Waals surface area contributed by atoms with Crippen LogP contribution < -0.4 is 10.1 Å². The van der Waals surface area contributed by atoms with Gasteiger partial charge in [-0.25, -0.2) is 9.97 Å². The van der Waals surface area contributed by atoms with Crippen LogP contribution in [0.1, 0.15) is 12.8 Å². The second-order valence-corrected chi connectivity index (χ2v) is 4.65. The van der Waals surface area contributed by atoms with Crippen molar-refractivity contribution in [2.75, 3.05) is 23.9 Å². The molecule has 0 spiro atoms. The van der Waals surface area contributed by atoms with E-state index in [0.29, 0.717) is 17.7 Å². The third-order valence-electron chi connectivity index (χ3n) is 2.36. The summed E-state index contributed by atoms with van der Waals surface area (Å²) in [4.78, 5) is 8.37. The molecule has 1 aromatic heterocycles. The Labute approximate surface area is 93.8 Å². The highest BCUT2D eigenvalue weighted by Crippen LogP contribution is 2.19. The van der Waals surface area contributed by atoms with Crippen LogP contribution in [0.15, 0.2) is 12.4 Å². The fourth-order valence-electron chi connectivity index (χ4n) is 1.53. The molecular formula is C10H15N3OS. The molecule has 1 saturated heterocycles. The predicted octanol–water partition coefficient (Wildman–Crippen LogP) is 1.79. The van der Waals surface area contributed by atoms with Gasteiger partial charge in [0.05, 0.1) is 19.5 Å². The topological polar surface area (TPSA) is 47.0 Å². The van der Waals surface area contributed by atoms with Crippen LogP contribution >= 0.6 is 11.8 Å². The molecule has 0 saturated carbocycles. The molecule has 1 aliphatic heterocycles. The van der Waals surface area contributed by atoms with Crippen molar-refractivity contribution in [2.45, 2.75) is 18.9 Å². The van der Waals surface area contributed by atoms with Gasteiger partial charge in [0.25, 0.3) is 0 Å². The minimum absolute atomic E-state index is 0.511. The number of thioether (sulfide) groups is 1. The van der Waals surface area contributed by atoms with Crippen LogP contribution in [-0.4, -0.2) is 34.6 Å². The smallest absolute Gasteiger partial charge is 0.223 e. The van der Waals surface area contributed by atoms with Gasteiger partial charge in [-0.3, -0.25) is 0 Å². The Kier molecular flexibility index (Phi) is 3.66. The van der Waals surface area contributed by atoms with Gasteiger partial charge < -0.3 is 10.1 Å². The van der Waals surface area contributed by atoms with E-state index in [1.807, 2.05) is 11.8 Å². The van der Waals surface area contributed by atoms with E-state index in [1.165, 1.54) is 18.6 Å². The molecule has 0 bridgehead atoms. The quantitative estimate of drug-likeness (QED) is 0.850. The highest BCUT2D eigenvalue weighted by Gasteiger charge is 2.14. The lowest BCUT2D eigenvalue weighted by Gasteiger charge is -2.22. The Bertz CT molecular complexity index is 298. The summed E-state index contributed by atoms with van der Waals surface area (Å²) in [7, 11) is 1.61. The van der Waals surface area contributed by atoms with E-state index >= 15 is 0 Å². The van der Waals surface area contributed by atoms with Crippen molar-refractivity contribution in [3.05, 3.63) is 12.4 Å². The predicted molar refractivity (Wildman–Crippen MR) is 62.6 cm³/mol. The van der Waals surface area contributed by atoms with Gasteiger partial charge in [0.1, 0.15) is 0 Å². The summed E-state index contributed by atoms with van der Waals surface area (Å²) < 4.78 is 5.00. The number of ether oxygens (including phenoxy) is 1. The van der Waals surface area contributed by atoms with Crippen LogP contribution in [0.25, 0.3) is 0 Å². The van der Waals surface area contributed by atoms with Crippen LogP contribution in [-0.2, 0) is 0 Å². The lowest BCUT2D eigenvalue weighted by Crippen LogP contribution is -2.26. The third-order valence-corrected chi connectivity index (χ3v) is 3.57. The second-order valence-electron chi connectivity index (χ2n) is 3.50. The van der Waals surface area contributed by atoms with Crippen molar-refractivity contribution < 1.29 is 4.74 Å². The average molecular weight is 225 g/mol. The van der Waals surface area contributed by atoms with E-state index in [4.69, 9.17) is 4.74 Å². The molecule has 15 heavy (non-hydrogen) atoms. The first kappa shape index (κ1) is 10.5. The van der Waals surface area contributed by atoms with Gasteiger partial charge in [-0.2, -0.15) is 11.8 Å². The van der Waals surface area contributed by atoms with Crippen LogP contribution in [0.5, 0.6) is 5.75 Å². The zero-order valence-electron chi connectivity index (χ0n) is 8.77. The van der Waals surface area contributed by atoms with Crippen molar-refractivity contribution in [3.8, 4) is 5.75 Å². The van der Waals surface area contributed by atoms with Crippen molar-refractivity contribution in [1.29, 1.82) is 0 Å². The van der Waals surface area contributed by atoms with Crippen LogP contribution in [0.3, 0.4) is 0 Å². The zero-order valence-corrected chi connectivity index (χ0v) is 9.59. The summed E-state index contributed by atoms with van der Waals surface area (Å²) in [5.41, 5.74) is 0. The first-order valence-corrected chi connectivity index (χ1v) is 6.24. The summed E-state index contributed by atoms with van der Waals surface area (Å²) in [6.45, 7) is 0. The molecule has 1 aliphatic rings. The van der Waals surface area contributed by atoms with Gasteiger partial charge in [0, 0.05) is 11.8 Å². The van der Waals surface area contributed by atoms with Gasteiger partial charge in [0.2, 0.25) is 5.95 Å². The van der Waals surface area contributed by atoms with Crippen molar-refractivity contribution in [2.24, 2.45) is 0 Å². The third kappa shape index (κ3) is 2.99. The van der Waals surface area contributed by atoms with Gasteiger partial charge in [-0.15, -0.1) is 0 Å². The lowest BCUT2D eigenvalue weighted by atomic mass is 10.2. The van der Waals surface area contributed by atoms with E-state index < -0.39 is 0 Å². The molecule has 0 radical (unpaired) electrons. The van der Waals surface area contributed by atoms with Crippen LogP contribution in [0.4, 0.5) is 5.95 Å². The highest BCUT2D eigenvalue weighted by molar-refractivity contribution is 7.99. The van der Waals surface area contributed by atoms with Crippen molar-refractivity contribution in [1.82, 2.24) is 9.97 Å². The Morgan fingerprint density at radius 3 is 2.87 bits per heavy atom. The Morgan fingerprint density at radius 1 is 1.47 bits per heavy atom. The highest BCUT2D eigenvalue weighted by atomic mass is 32.2. The molecule has 82 valence electrons. The summed E-state index contributed by atoms with van der Waals surface area (Å²) in [5.74, 6) is 3.82. The number of hydrogen-bond donors (Lipinski definition) is 1. The molecule has 5 heteroatoms. The molecule has 1 aromatic rings. The first-order valence-electron chi connectivity index (χ1n) is 5.09. The van der Waals surface area contributed by atoms with Gasteiger partial charge in [-0.05, 0) is 18.6 Å². The molecule has 1 N–H and O–H groups in total. The largest absolute Gasteiger partial charge is 0.494 e. The molecule has 2 rings (SSSR count). The molecule has 0 aromatic carbocycles. The number of aromatic nitrogens is 2. The Morgan fingerprint density at radius 2 is 2.27 bits per heavy atom. The maximum Gasteiger partial charge on any atom is 0.223 e. The maximum absolute atomic E-state index is 5.00. The number of methoxy groups -OCH3 is 1. The summed E-state index contributed by atoms with van der Waals surface area (Å²) >= 11 is 1.99. The van der Waals surface area contributed by atoms with E-state index in [-0.39, 0.29) is 0 Å². The average Bonchev–Trinajstić information content (AvgIpc) is 2.31. The fourth-order valence-corrected chi connectivity index (χ4v) is 2.61. The van der Waals surface area contributed by atoms with Crippen LogP contribution in [0.2, 0.25) is 0 Å². The van der Waals surface area contributed by atoms with Crippen molar-refractivity contribution >= 4 is 17.7 Å². The molecule has 1 fully saturated rings. The molecule has 0 amide bonds. The van der Waals surface area contributed by atoms with Crippen molar-refractivity contribution in [3.63, 3.8) is 0 Å². The van der Waals surface area contributed by atoms with Gasteiger partial charge in [-0.1, -0.05) is 0 Å². The lowest BCUT2D eigenvalue weighted by molar-refractivity contribution is 0.411. The van der Waals surface area contributed by atoms with E-state index in [2.05, 4.69) is 15.3 Å². The summed E-state index contributed by atoms with van der Waals surface area (Å²) in [5, 5.41) is 3.33. The monoisotopic (exact) mass is 225 g/mol. The molecule has 0 aliphatic carbocycles. The second kappa shape index (κ2) is 5.21. The fraction of sp³-hybridized carbons (Fsp3) is 0.600. The molecular weight excluding hydrogens is 210 g/mol. The first-order chi connectivity index (χ1) is 7.38. The SMILES string of the molecule is COc1cnc(NC2CCCSC2)nc1. The number of anilines is 1. The number of rotatable bonds is 3. The van der Waals surface area contributed by atoms with Gasteiger partial charge in [0.15, 0.2) is 5.75 Å². The number of nitrogens with zero attached hydrogens (tertiary/aromatic N) is 2. The molecule has 4 nitrogen and oxygen atoms in total. The summed E-state index contributed by atoms with van der Waals surface area (Å²) in [6.07, 6.45) is 5.86. The minimum atomic E-state index is 0.511. The normalized spacial score (nSPS) is 21.0. The van der Waals surface area contributed by atoms with E-state index in [0.717, 1.165) is 5.75 Å². The Hall–Kier alpha value is -0.970. The number of nitrogens with one attached hydrogen (secondary N) is 1. The van der Waals surface area contributed by atoms with Crippen LogP contribution in [0, 0.1) is 0 Å². The maximum atomic E-state index is 5.00. The zero-order chi connectivity index (χ0) is 10.5. The van der Waals surface area contributed by atoms with Gasteiger partial charge >= 0.3 is 0 Å². The van der Waals surface area contributed by atoms with E-state index in [9.17, 15) is 0 Å². The van der Waals surface area contributed by atoms with E-state index in [1.54, 1.807) is 19.5 Å². The minimum Gasteiger partial charge on any atom is -0.494 e. The molecule has 1 unspecified atom stereocenters. The summed E-state index contributed by atoms with van der Waals surface area (Å²) in [6, 6.07) is 0.511. The molecule has 2 heterocycles. The number of hydrogen-bond acceptors (Lipinski definition) is 5. The molecule has 1 atom stereocenters. The Balaban J connectivity index is 1.91.